The number of anilines is 1. The summed E-state index contributed by atoms with van der Waals surface area (Å²) >= 11 is 0. The lowest BCUT2D eigenvalue weighted by atomic mass is 9.81. The molecule has 0 bridgehead atoms. The van der Waals surface area contributed by atoms with Crippen LogP contribution in [0.25, 0.3) is 0 Å². The monoisotopic (exact) mass is 274 g/mol. The standard InChI is InChI=1S/C17H26N2O/c1-3-19(16-6-4-5-13(2)11-16)17(20)15-9-7-14(12-18)8-10-15/h4-6,11,14-15H,3,7-10,12,18H2,1-2H3. The van der Waals surface area contributed by atoms with E-state index in [1.54, 1.807) is 0 Å². The first kappa shape index (κ1) is 15.0. The third-order valence-electron chi connectivity index (χ3n) is 4.42. The molecule has 0 aliphatic heterocycles. The van der Waals surface area contributed by atoms with Crippen molar-refractivity contribution in [3.05, 3.63) is 29.8 Å². The van der Waals surface area contributed by atoms with Crippen LogP contribution in [0.4, 0.5) is 5.69 Å². The van der Waals surface area contributed by atoms with Crippen molar-refractivity contribution in [2.45, 2.75) is 39.5 Å². The van der Waals surface area contributed by atoms with Crippen LogP contribution in [0.3, 0.4) is 0 Å². The van der Waals surface area contributed by atoms with Crippen LogP contribution in [-0.2, 0) is 4.79 Å². The molecule has 3 nitrogen and oxygen atoms in total. The van der Waals surface area contributed by atoms with Gasteiger partial charge in [-0.25, -0.2) is 0 Å². The van der Waals surface area contributed by atoms with Gasteiger partial charge in [0.25, 0.3) is 0 Å². The maximum atomic E-state index is 12.7. The van der Waals surface area contributed by atoms with E-state index >= 15 is 0 Å². The first-order valence-electron chi connectivity index (χ1n) is 7.73. The summed E-state index contributed by atoms with van der Waals surface area (Å²) in [6.07, 6.45) is 4.17. The highest BCUT2D eigenvalue weighted by atomic mass is 16.2. The minimum Gasteiger partial charge on any atom is -0.330 e. The summed E-state index contributed by atoms with van der Waals surface area (Å²) in [7, 11) is 0. The summed E-state index contributed by atoms with van der Waals surface area (Å²) in [5.41, 5.74) is 7.94. The number of aryl methyl sites for hydroxylation is 1. The van der Waals surface area contributed by atoms with Crippen molar-refractivity contribution in [3.63, 3.8) is 0 Å². The zero-order chi connectivity index (χ0) is 14.5. The molecule has 1 aliphatic carbocycles. The van der Waals surface area contributed by atoms with E-state index in [0.717, 1.165) is 44.5 Å². The molecule has 0 radical (unpaired) electrons. The van der Waals surface area contributed by atoms with Crippen molar-refractivity contribution in [1.82, 2.24) is 0 Å². The Balaban J connectivity index is 2.06. The largest absolute Gasteiger partial charge is 0.330 e. The summed E-state index contributed by atoms with van der Waals surface area (Å²) in [6, 6.07) is 8.20. The van der Waals surface area contributed by atoms with Gasteiger partial charge < -0.3 is 10.6 Å². The fraction of sp³-hybridized carbons (Fsp3) is 0.588. The molecule has 1 amide bonds. The summed E-state index contributed by atoms with van der Waals surface area (Å²) in [5.74, 6) is 1.08. The maximum absolute atomic E-state index is 12.7. The lowest BCUT2D eigenvalue weighted by Gasteiger charge is -2.31. The van der Waals surface area contributed by atoms with Crippen LogP contribution in [-0.4, -0.2) is 19.0 Å². The molecule has 20 heavy (non-hydrogen) atoms. The van der Waals surface area contributed by atoms with Gasteiger partial charge in [0, 0.05) is 18.2 Å². The quantitative estimate of drug-likeness (QED) is 0.917. The molecule has 0 saturated heterocycles. The molecule has 0 aromatic heterocycles. The van der Waals surface area contributed by atoms with Gasteiger partial charge in [-0.3, -0.25) is 4.79 Å². The van der Waals surface area contributed by atoms with Gasteiger partial charge in [0.2, 0.25) is 5.91 Å². The third-order valence-corrected chi connectivity index (χ3v) is 4.42. The predicted molar refractivity (Wildman–Crippen MR) is 83.7 cm³/mol. The lowest BCUT2D eigenvalue weighted by Crippen LogP contribution is -2.38. The molecule has 0 spiro atoms. The highest BCUT2D eigenvalue weighted by molar-refractivity contribution is 5.95. The van der Waals surface area contributed by atoms with E-state index in [-0.39, 0.29) is 11.8 Å². The molecule has 1 fully saturated rings. The van der Waals surface area contributed by atoms with Gasteiger partial charge in [-0.1, -0.05) is 12.1 Å². The van der Waals surface area contributed by atoms with Gasteiger partial charge in [0.15, 0.2) is 0 Å². The molecule has 1 aromatic rings. The minimum atomic E-state index is 0.179. The third kappa shape index (κ3) is 3.40. The predicted octanol–water partition coefficient (Wildman–Crippen LogP) is 3.11. The second kappa shape index (κ2) is 6.89. The highest BCUT2D eigenvalue weighted by Gasteiger charge is 2.29. The lowest BCUT2D eigenvalue weighted by molar-refractivity contribution is -0.123. The first-order valence-corrected chi connectivity index (χ1v) is 7.73. The topological polar surface area (TPSA) is 46.3 Å². The van der Waals surface area contributed by atoms with Gasteiger partial charge in [0.05, 0.1) is 0 Å². The Kier molecular flexibility index (Phi) is 5.18. The van der Waals surface area contributed by atoms with E-state index in [1.165, 1.54) is 5.56 Å². The fourth-order valence-electron chi connectivity index (χ4n) is 3.13. The average molecular weight is 274 g/mol. The van der Waals surface area contributed by atoms with E-state index in [9.17, 15) is 4.79 Å². The minimum absolute atomic E-state index is 0.179. The van der Waals surface area contributed by atoms with Crippen molar-refractivity contribution >= 4 is 11.6 Å². The molecule has 1 aromatic carbocycles. The molecular weight excluding hydrogens is 248 g/mol. The van der Waals surface area contributed by atoms with E-state index in [4.69, 9.17) is 5.73 Å². The summed E-state index contributed by atoms with van der Waals surface area (Å²) < 4.78 is 0. The van der Waals surface area contributed by atoms with Crippen molar-refractivity contribution in [1.29, 1.82) is 0 Å². The molecule has 1 aliphatic rings. The second-order valence-electron chi connectivity index (χ2n) is 5.87. The number of nitrogens with two attached hydrogens (primary N) is 1. The molecule has 2 N–H and O–H groups in total. The van der Waals surface area contributed by atoms with Crippen molar-refractivity contribution < 1.29 is 4.79 Å². The molecule has 110 valence electrons. The number of carbonyl (C=O) groups is 1. The Hall–Kier alpha value is -1.35. The Morgan fingerprint density at radius 1 is 1.30 bits per heavy atom. The number of carbonyl (C=O) groups excluding carboxylic acids is 1. The van der Waals surface area contributed by atoms with Gasteiger partial charge in [-0.15, -0.1) is 0 Å². The molecule has 3 heteroatoms. The molecule has 1 saturated carbocycles. The Morgan fingerprint density at radius 2 is 2.00 bits per heavy atom. The van der Waals surface area contributed by atoms with Crippen LogP contribution >= 0.6 is 0 Å². The smallest absolute Gasteiger partial charge is 0.230 e. The maximum Gasteiger partial charge on any atom is 0.230 e. The SMILES string of the molecule is CCN(C(=O)C1CCC(CN)CC1)c1cccc(C)c1. The van der Waals surface area contributed by atoms with Crippen molar-refractivity contribution in [2.24, 2.45) is 17.6 Å². The summed E-state index contributed by atoms with van der Waals surface area (Å²) in [4.78, 5) is 14.7. The number of amides is 1. The number of rotatable bonds is 4. The van der Waals surface area contributed by atoms with Crippen LogP contribution in [0.15, 0.2) is 24.3 Å². The zero-order valence-corrected chi connectivity index (χ0v) is 12.6. The average Bonchev–Trinajstić information content (AvgIpc) is 2.48. The van der Waals surface area contributed by atoms with E-state index in [2.05, 4.69) is 19.1 Å². The van der Waals surface area contributed by atoms with Crippen LogP contribution in [0.1, 0.15) is 38.2 Å². The highest BCUT2D eigenvalue weighted by Crippen LogP contribution is 2.30. The van der Waals surface area contributed by atoms with Crippen molar-refractivity contribution in [3.8, 4) is 0 Å². The summed E-state index contributed by atoms with van der Waals surface area (Å²) in [6.45, 7) is 5.61. The zero-order valence-electron chi connectivity index (χ0n) is 12.6. The first-order chi connectivity index (χ1) is 9.65. The number of benzene rings is 1. The van der Waals surface area contributed by atoms with Gasteiger partial charge in [0.1, 0.15) is 0 Å². The van der Waals surface area contributed by atoms with Gasteiger partial charge >= 0.3 is 0 Å². The van der Waals surface area contributed by atoms with Gasteiger partial charge in [-0.05, 0) is 69.7 Å². The van der Waals surface area contributed by atoms with E-state index in [0.29, 0.717) is 5.92 Å². The Labute approximate surface area is 122 Å². The van der Waals surface area contributed by atoms with Gasteiger partial charge in [-0.2, -0.15) is 0 Å². The van der Waals surface area contributed by atoms with Crippen LogP contribution in [0, 0.1) is 18.8 Å². The number of hydrogen-bond acceptors (Lipinski definition) is 2. The Bertz CT molecular complexity index is 450. The van der Waals surface area contributed by atoms with Crippen molar-refractivity contribution in [2.75, 3.05) is 18.0 Å². The number of hydrogen-bond donors (Lipinski definition) is 1. The van der Waals surface area contributed by atoms with Crippen LogP contribution in [0.2, 0.25) is 0 Å². The Morgan fingerprint density at radius 3 is 2.55 bits per heavy atom. The number of nitrogens with zero attached hydrogens (tertiary/aromatic N) is 1. The molecule has 2 rings (SSSR count). The molecule has 0 atom stereocenters. The van der Waals surface area contributed by atoms with Crippen LogP contribution < -0.4 is 10.6 Å². The van der Waals surface area contributed by atoms with E-state index < -0.39 is 0 Å². The molecular formula is C17H26N2O. The molecule has 0 heterocycles. The van der Waals surface area contributed by atoms with Crippen LogP contribution in [0.5, 0.6) is 0 Å². The fourth-order valence-corrected chi connectivity index (χ4v) is 3.13. The van der Waals surface area contributed by atoms with E-state index in [1.807, 2.05) is 24.0 Å². The summed E-state index contributed by atoms with van der Waals surface area (Å²) in [5, 5.41) is 0. The normalized spacial score (nSPS) is 22.6. The second-order valence-corrected chi connectivity index (χ2v) is 5.87. The molecule has 0 unspecified atom stereocenters.